The SMILES string of the molecule is COc1ccc(COC[C@@H](O)CSc2nnnn2-c2ccc(Cl)cc2)cc1OC. The summed E-state index contributed by atoms with van der Waals surface area (Å²) in [6.07, 6.45) is -0.671. The number of rotatable bonds is 10. The molecule has 154 valence electrons. The Morgan fingerprint density at radius 3 is 2.59 bits per heavy atom. The van der Waals surface area contributed by atoms with Crippen molar-refractivity contribution in [2.45, 2.75) is 17.9 Å². The molecule has 0 amide bonds. The molecule has 0 bridgehead atoms. The number of nitrogens with zero attached hydrogens (tertiary/aromatic N) is 4. The highest BCUT2D eigenvalue weighted by atomic mass is 35.5. The maximum atomic E-state index is 10.2. The van der Waals surface area contributed by atoms with E-state index in [1.165, 1.54) is 11.8 Å². The number of thioether (sulfide) groups is 1. The molecule has 2 aromatic carbocycles. The van der Waals surface area contributed by atoms with Gasteiger partial charge in [0.2, 0.25) is 5.16 Å². The van der Waals surface area contributed by atoms with Crippen LogP contribution in [0.4, 0.5) is 0 Å². The van der Waals surface area contributed by atoms with Crippen molar-refractivity contribution >= 4 is 23.4 Å². The lowest BCUT2D eigenvalue weighted by molar-refractivity contribution is 0.0397. The Balaban J connectivity index is 1.48. The molecule has 10 heteroatoms. The van der Waals surface area contributed by atoms with E-state index in [0.717, 1.165) is 11.3 Å². The molecule has 3 aromatic rings. The molecular formula is C19H21ClN4O4S. The normalized spacial score (nSPS) is 12.0. The lowest BCUT2D eigenvalue weighted by atomic mass is 10.2. The van der Waals surface area contributed by atoms with Gasteiger partial charge in [0.25, 0.3) is 0 Å². The highest BCUT2D eigenvalue weighted by Crippen LogP contribution is 2.28. The summed E-state index contributed by atoms with van der Waals surface area (Å²) in [7, 11) is 3.17. The lowest BCUT2D eigenvalue weighted by Gasteiger charge is -2.12. The van der Waals surface area contributed by atoms with Crippen molar-refractivity contribution in [2.75, 3.05) is 26.6 Å². The van der Waals surface area contributed by atoms with Gasteiger partial charge in [0.15, 0.2) is 11.5 Å². The number of benzene rings is 2. The van der Waals surface area contributed by atoms with Gasteiger partial charge in [-0.25, -0.2) is 0 Å². The van der Waals surface area contributed by atoms with Gasteiger partial charge in [-0.3, -0.25) is 0 Å². The first kappa shape index (κ1) is 21.4. The van der Waals surface area contributed by atoms with E-state index in [1.54, 1.807) is 31.0 Å². The van der Waals surface area contributed by atoms with Crippen LogP contribution in [0.5, 0.6) is 11.5 Å². The maximum absolute atomic E-state index is 10.2. The minimum Gasteiger partial charge on any atom is -0.493 e. The van der Waals surface area contributed by atoms with Crippen LogP contribution in [0.2, 0.25) is 5.02 Å². The van der Waals surface area contributed by atoms with Crippen LogP contribution in [0.3, 0.4) is 0 Å². The van der Waals surface area contributed by atoms with Crippen molar-refractivity contribution in [2.24, 2.45) is 0 Å². The standard InChI is InChI=1S/C19H21ClN4O4S/c1-26-17-8-3-13(9-18(17)27-2)10-28-11-16(25)12-29-19-21-22-23-24(19)15-6-4-14(20)5-7-15/h3-9,16,25H,10-12H2,1-2H3/t16-/m1/s1. The molecule has 0 aliphatic rings. The van der Waals surface area contributed by atoms with Gasteiger partial charge < -0.3 is 19.3 Å². The zero-order valence-corrected chi connectivity index (χ0v) is 17.6. The number of ether oxygens (including phenoxy) is 3. The van der Waals surface area contributed by atoms with E-state index in [9.17, 15) is 5.11 Å². The summed E-state index contributed by atoms with van der Waals surface area (Å²) in [6, 6.07) is 12.7. The number of aromatic nitrogens is 4. The van der Waals surface area contributed by atoms with E-state index in [4.69, 9.17) is 25.8 Å². The summed E-state index contributed by atoms with van der Waals surface area (Å²) >= 11 is 7.26. The van der Waals surface area contributed by atoms with E-state index in [0.29, 0.717) is 34.0 Å². The average molecular weight is 437 g/mol. The largest absolute Gasteiger partial charge is 0.493 e. The first-order valence-electron chi connectivity index (χ1n) is 8.74. The zero-order valence-electron chi connectivity index (χ0n) is 16.0. The molecule has 1 atom stereocenters. The molecule has 0 saturated heterocycles. The van der Waals surface area contributed by atoms with Crippen molar-refractivity contribution in [3.05, 3.63) is 53.1 Å². The van der Waals surface area contributed by atoms with Crippen molar-refractivity contribution in [1.82, 2.24) is 20.2 Å². The minimum atomic E-state index is -0.671. The van der Waals surface area contributed by atoms with E-state index in [2.05, 4.69) is 15.5 Å². The number of methoxy groups -OCH3 is 2. The minimum absolute atomic E-state index is 0.184. The lowest BCUT2D eigenvalue weighted by Crippen LogP contribution is -2.18. The Morgan fingerprint density at radius 2 is 1.86 bits per heavy atom. The molecule has 1 heterocycles. The van der Waals surface area contributed by atoms with E-state index in [1.807, 2.05) is 30.3 Å². The summed E-state index contributed by atoms with van der Waals surface area (Å²) in [5, 5.41) is 23.1. The smallest absolute Gasteiger partial charge is 0.214 e. The summed E-state index contributed by atoms with van der Waals surface area (Å²) < 4.78 is 17.7. The van der Waals surface area contributed by atoms with Crippen LogP contribution in [0.1, 0.15) is 5.56 Å². The topological polar surface area (TPSA) is 91.5 Å². The van der Waals surface area contributed by atoms with Gasteiger partial charge in [0.1, 0.15) is 0 Å². The van der Waals surface area contributed by atoms with E-state index in [-0.39, 0.29) is 6.61 Å². The third-order valence-corrected chi connectivity index (χ3v) is 5.26. The van der Waals surface area contributed by atoms with Crippen LogP contribution < -0.4 is 9.47 Å². The number of aliphatic hydroxyl groups is 1. The predicted molar refractivity (Wildman–Crippen MR) is 110 cm³/mol. The molecular weight excluding hydrogens is 416 g/mol. The fourth-order valence-corrected chi connectivity index (χ4v) is 3.44. The second-order valence-electron chi connectivity index (χ2n) is 6.02. The second-order valence-corrected chi connectivity index (χ2v) is 7.44. The highest BCUT2D eigenvalue weighted by Gasteiger charge is 2.13. The third-order valence-electron chi connectivity index (χ3n) is 3.94. The Hall–Kier alpha value is -2.33. The van der Waals surface area contributed by atoms with Crippen LogP contribution in [0.25, 0.3) is 5.69 Å². The molecule has 1 aromatic heterocycles. The van der Waals surface area contributed by atoms with Crippen molar-refractivity contribution in [3.63, 3.8) is 0 Å². The first-order chi connectivity index (χ1) is 14.1. The summed E-state index contributed by atoms with van der Waals surface area (Å²) in [4.78, 5) is 0. The van der Waals surface area contributed by atoms with Crippen LogP contribution in [-0.4, -0.2) is 58.0 Å². The summed E-state index contributed by atoms with van der Waals surface area (Å²) in [6.45, 7) is 0.536. The molecule has 0 radical (unpaired) electrons. The van der Waals surface area contributed by atoms with E-state index < -0.39 is 6.10 Å². The molecule has 29 heavy (non-hydrogen) atoms. The molecule has 8 nitrogen and oxygen atoms in total. The number of halogens is 1. The Bertz CT molecular complexity index is 923. The second kappa shape index (κ2) is 10.4. The molecule has 3 rings (SSSR count). The van der Waals surface area contributed by atoms with Gasteiger partial charge in [-0.15, -0.1) is 5.10 Å². The van der Waals surface area contributed by atoms with Gasteiger partial charge in [0, 0.05) is 10.8 Å². The van der Waals surface area contributed by atoms with Gasteiger partial charge in [-0.05, 0) is 52.4 Å². The maximum Gasteiger partial charge on any atom is 0.214 e. The number of hydrogen-bond donors (Lipinski definition) is 1. The van der Waals surface area contributed by atoms with Crippen molar-refractivity contribution in [3.8, 4) is 17.2 Å². The van der Waals surface area contributed by atoms with Crippen LogP contribution in [-0.2, 0) is 11.3 Å². The fourth-order valence-electron chi connectivity index (χ4n) is 2.52. The van der Waals surface area contributed by atoms with Crippen molar-refractivity contribution in [1.29, 1.82) is 0 Å². The highest BCUT2D eigenvalue weighted by molar-refractivity contribution is 7.99. The predicted octanol–water partition coefficient (Wildman–Crippen LogP) is 3.00. The fraction of sp³-hybridized carbons (Fsp3) is 0.316. The third kappa shape index (κ3) is 5.83. The monoisotopic (exact) mass is 436 g/mol. The summed E-state index contributed by atoms with van der Waals surface area (Å²) in [5.41, 5.74) is 1.72. The molecule has 0 fully saturated rings. The first-order valence-corrected chi connectivity index (χ1v) is 10.1. The average Bonchev–Trinajstić information content (AvgIpc) is 3.21. The van der Waals surface area contributed by atoms with Gasteiger partial charge in [-0.2, -0.15) is 4.68 Å². The van der Waals surface area contributed by atoms with Crippen LogP contribution >= 0.6 is 23.4 Å². The van der Waals surface area contributed by atoms with Gasteiger partial charge in [-0.1, -0.05) is 29.4 Å². The molecule has 0 aliphatic heterocycles. The van der Waals surface area contributed by atoms with E-state index >= 15 is 0 Å². The number of aliphatic hydroxyl groups excluding tert-OH is 1. The quantitative estimate of drug-likeness (QED) is 0.485. The van der Waals surface area contributed by atoms with Crippen LogP contribution in [0.15, 0.2) is 47.6 Å². The Kier molecular flexibility index (Phi) is 7.70. The Labute approximate surface area is 177 Å². The Morgan fingerprint density at radius 1 is 1.10 bits per heavy atom. The number of tetrazole rings is 1. The summed E-state index contributed by atoms with van der Waals surface area (Å²) in [5.74, 6) is 1.68. The molecule has 0 spiro atoms. The molecule has 0 unspecified atom stereocenters. The molecule has 0 saturated carbocycles. The van der Waals surface area contributed by atoms with Crippen molar-refractivity contribution < 1.29 is 19.3 Å². The van der Waals surface area contributed by atoms with Gasteiger partial charge in [0.05, 0.1) is 39.2 Å². The molecule has 1 N–H and O–H groups in total. The zero-order chi connectivity index (χ0) is 20.6. The van der Waals surface area contributed by atoms with Gasteiger partial charge >= 0.3 is 0 Å². The molecule has 0 aliphatic carbocycles. The van der Waals surface area contributed by atoms with Crippen LogP contribution in [0, 0.1) is 0 Å². The number of hydrogen-bond acceptors (Lipinski definition) is 8.